The van der Waals surface area contributed by atoms with Crippen molar-refractivity contribution in [3.63, 3.8) is 0 Å². The Morgan fingerprint density at radius 3 is 1.94 bits per heavy atom. The predicted octanol–water partition coefficient (Wildman–Crippen LogP) is 3.28. The monoisotopic (exact) mass is 439 g/mol. The Morgan fingerprint density at radius 2 is 1.41 bits per heavy atom. The Morgan fingerprint density at radius 1 is 0.844 bits per heavy atom. The van der Waals surface area contributed by atoms with Crippen molar-refractivity contribution in [3.05, 3.63) is 59.7 Å². The van der Waals surface area contributed by atoms with Crippen LogP contribution in [0.4, 0.5) is 11.4 Å². The van der Waals surface area contributed by atoms with Crippen LogP contribution in [0.5, 0.6) is 0 Å². The van der Waals surface area contributed by atoms with Crippen LogP contribution in [0.15, 0.2) is 48.5 Å². The van der Waals surface area contributed by atoms with E-state index in [-0.39, 0.29) is 17.7 Å². The molecule has 0 aliphatic carbocycles. The van der Waals surface area contributed by atoms with E-state index in [0.717, 1.165) is 5.56 Å². The maximum atomic E-state index is 12.7. The van der Waals surface area contributed by atoms with Gasteiger partial charge in [0.25, 0.3) is 11.8 Å². The Bertz CT molecular complexity index is 985. The molecule has 0 aromatic heterocycles. The second-order valence-electron chi connectivity index (χ2n) is 7.84. The summed E-state index contributed by atoms with van der Waals surface area (Å²) >= 11 is 0. The number of ether oxygens (including phenoxy) is 1. The maximum absolute atomic E-state index is 12.7. The Balaban J connectivity index is 1.98. The van der Waals surface area contributed by atoms with Crippen LogP contribution in [0.3, 0.4) is 0 Å². The van der Waals surface area contributed by atoms with Gasteiger partial charge in [-0.15, -0.1) is 0 Å². The number of hydrogen-bond acceptors (Lipinski definition) is 5. The van der Waals surface area contributed by atoms with Gasteiger partial charge in [-0.25, -0.2) is 4.79 Å². The van der Waals surface area contributed by atoms with Crippen LogP contribution in [-0.4, -0.2) is 35.8 Å². The summed E-state index contributed by atoms with van der Waals surface area (Å²) in [6, 6.07) is 12.7. The Labute approximate surface area is 187 Å². The number of hydrogen-bond donors (Lipinski definition) is 3. The Kier molecular flexibility index (Phi) is 8.52. The van der Waals surface area contributed by atoms with Crippen LogP contribution in [0.2, 0.25) is 0 Å². The number of benzene rings is 2. The molecular weight excluding hydrogens is 410 g/mol. The van der Waals surface area contributed by atoms with Crippen LogP contribution in [0, 0.1) is 12.8 Å². The topological polar surface area (TPSA) is 114 Å². The lowest BCUT2D eigenvalue weighted by atomic mass is 10.0. The summed E-state index contributed by atoms with van der Waals surface area (Å²) in [4.78, 5) is 48.8. The summed E-state index contributed by atoms with van der Waals surface area (Å²) < 4.78 is 5.33. The molecule has 0 saturated heterocycles. The number of aryl methyl sites for hydroxylation is 1. The number of amides is 3. The largest absolute Gasteiger partial charge is 0.451 e. The van der Waals surface area contributed by atoms with E-state index in [1.807, 2.05) is 19.1 Å². The van der Waals surface area contributed by atoms with Crippen LogP contribution in [0.25, 0.3) is 0 Å². The minimum atomic E-state index is -1.07. The number of anilines is 2. The highest BCUT2D eigenvalue weighted by Crippen LogP contribution is 2.15. The first-order valence-electron chi connectivity index (χ1n) is 10.3. The predicted molar refractivity (Wildman–Crippen MR) is 122 cm³/mol. The fourth-order valence-corrected chi connectivity index (χ4v) is 2.93. The molecule has 32 heavy (non-hydrogen) atoms. The fourth-order valence-electron chi connectivity index (χ4n) is 2.93. The standard InChI is InChI=1S/C24H29N3O5/c1-14(2)21(27-23(30)20-9-7-6-8-15(20)3)24(31)32-16(4)22(29)26-19-12-10-18(11-13-19)25-17(5)28/h6-14,16,21H,1-5H3,(H,25,28)(H,26,29)(H,27,30)/t16-,21+/m1/s1. The third kappa shape index (κ3) is 6.94. The zero-order chi connectivity index (χ0) is 23.8. The van der Waals surface area contributed by atoms with E-state index < -0.39 is 24.0 Å². The molecule has 0 heterocycles. The van der Waals surface area contributed by atoms with E-state index in [2.05, 4.69) is 16.0 Å². The first-order valence-corrected chi connectivity index (χ1v) is 10.3. The minimum Gasteiger partial charge on any atom is -0.451 e. The van der Waals surface area contributed by atoms with Crippen molar-refractivity contribution >= 4 is 35.1 Å². The molecule has 8 nitrogen and oxygen atoms in total. The van der Waals surface area contributed by atoms with Gasteiger partial charge in [0, 0.05) is 23.9 Å². The van der Waals surface area contributed by atoms with Gasteiger partial charge in [0.05, 0.1) is 0 Å². The van der Waals surface area contributed by atoms with Crippen LogP contribution in [-0.2, 0) is 19.1 Å². The molecule has 0 bridgehead atoms. The second-order valence-corrected chi connectivity index (χ2v) is 7.84. The minimum absolute atomic E-state index is 0.198. The van der Waals surface area contributed by atoms with E-state index in [4.69, 9.17) is 4.74 Å². The highest BCUT2D eigenvalue weighted by Gasteiger charge is 2.29. The summed E-state index contributed by atoms with van der Waals surface area (Å²) in [5.41, 5.74) is 2.34. The molecule has 0 aliphatic rings. The second kappa shape index (κ2) is 11.1. The van der Waals surface area contributed by atoms with Crippen molar-refractivity contribution in [3.8, 4) is 0 Å². The van der Waals surface area contributed by atoms with E-state index in [1.165, 1.54) is 13.8 Å². The van der Waals surface area contributed by atoms with Crippen molar-refractivity contribution in [2.24, 2.45) is 5.92 Å². The summed E-state index contributed by atoms with van der Waals surface area (Å²) in [5.74, 6) is -2.03. The van der Waals surface area contributed by atoms with Gasteiger partial charge >= 0.3 is 5.97 Å². The molecule has 2 aromatic rings. The molecule has 3 amide bonds. The zero-order valence-electron chi connectivity index (χ0n) is 18.9. The molecule has 170 valence electrons. The summed E-state index contributed by atoms with van der Waals surface area (Å²) in [7, 11) is 0. The Hall–Kier alpha value is -3.68. The molecule has 0 fully saturated rings. The normalized spacial score (nSPS) is 12.4. The molecule has 2 aromatic carbocycles. The maximum Gasteiger partial charge on any atom is 0.329 e. The van der Waals surface area contributed by atoms with Crippen LogP contribution >= 0.6 is 0 Å². The smallest absolute Gasteiger partial charge is 0.329 e. The zero-order valence-corrected chi connectivity index (χ0v) is 18.9. The lowest BCUT2D eigenvalue weighted by molar-refractivity contribution is -0.156. The van der Waals surface area contributed by atoms with E-state index >= 15 is 0 Å². The number of carbonyl (C=O) groups is 4. The highest BCUT2D eigenvalue weighted by molar-refractivity contribution is 5.99. The number of rotatable bonds is 8. The summed E-state index contributed by atoms with van der Waals surface area (Å²) in [6.45, 7) is 8.24. The third-order valence-electron chi connectivity index (χ3n) is 4.73. The van der Waals surface area contributed by atoms with Gasteiger partial charge in [0.2, 0.25) is 5.91 Å². The van der Waals surface area contributed by atoms with Gasteiger partial charge in [-0.1, -0.05) is 32.0 Å². The highest BCUT2D eigenvalue weighted by atomic mass is 16.5. The quantitative estimate of drug-likeness (QED) is 0.546. The van der Waals surface area contributed by atoms with Gasteiger partial charge in [-0.05, 0) is 55.7 Å². The van der Waals surface area contributed by atoms with Gasteiger partial charge < -0.3 is 20.7 Å². The fraction of sp³-hybridized carbons (Fsp3) is 0.333. The SMILES string of the molecule is CC(=O)Nc1ccc(NC(=O)[C@@H](C)OC(=O)[C@@H](NC(=O)c2ccccc2C)C(C)C)cc1. The van der Waals surface area contributed by atoms with Crippen LogP contribution in [0.1, 0.15) is 43.6 Å². The van der Waals surface area contributed by atoms with E-state index in [0.29, 0.717) is 16.9 Å². The molecule has 0 saturated carbocycles. The molecule has 0 unspecified atom stereocenters. The average molecular weight is 440 g/mol. The number of carbonyl (C=O) groups excluding carboxylic acids is 4. The summed E-state index contributed by atoms with van der Waals surface area (Å²) in [6.07, 6.45) is -1.07. The molecule has 2 atom stereocenters. The average Bonchev–Trinajstić information content (AvgIpc) is 2.72. The van der Waals surface area contributed by atoms with Crippen molar-refractivity contribution in [1.29, 1.82) is 0 Å². The van der Waals surface area contributed by atoms with E-state index in [9.17, 15) is 19.2 Å². The number of esters is 1. The van der Waals surface area contributed by atoms with Gasteiger partial charge in [-0.2, -0.15) is 0 Å². The first kappa shape index (κ1) is 24.6. The lowest BCUT2D eigenvalue weighted by Gasteiger charge is -2.23. The van der Waals surface area contributed by atoms with E-state index in [1.54, 1.807) is 50.2 Å². The van der Waals surface area contributed by atoms with Crippen molar-refractivity contribution in [2.75, 3.05) is 10.6 Å². The van der Waals surface area contributed by atoms with Gasteiger partial charge in [0.1, 0.15) is 6.04 Å². The van der Waals surface area contributed by atoms with Crippen molar-refractivity contribution in [1.82, 2.24) is 5.32 Å². The third-order valence-corrected chi connectivity index (χ3v) is 4.73. The molecule has 8 heteroatoms. The van der Waals surface area contributed by atoms with Crippen molar-refractivity contribution < 1.29 is 23.9 Å². The summed E-state index contributed by atoms with van der Waals surface area (Å²) in [5, 5.41) is 8.00. The molecular formula is C24H29N3O5. The van der Waals surface area contributed by atoms with Gasteiger partial charge in [-0.3, -0.25) is 14.4 Å². The molecule has 2 rings (SSSR count). The van der Waals surface area contributed by atoms with Crippen molar-refractivity contribution in [2.45, 2.75) is 46.8 Å². The first-order chi connectivity index (χ1) is 15.1. The van der Waals surface area contributed by atoms with Gasteiger partial charge in [0.15, 0.2) is 6.10 Å². The molecule has 3 N–H and O–H groups in total. The number of nitrogens with one attached hydrogen (secondary N) is 3. The van der Waals surface area contributed by atoms with Crippen LogP contribution < -0.4 is 16.0 Å². The lowest BCUT2D eigenvalue weighted by Crippen LogP contribution is -2.47. The molecule has 0 radical (unpaired) electrons. The molecule has 0 aliphatic heterocycles. The molecule has 0 spiro atoms.